The molecule has 1 saturated carbocycles. The zero-order valence-corrected chi connectivity index (χ0v) is 9.09. The first-order valence-electron chi connectivity index (χ1n) is 4.88. The summed E-state index contributed by atoms with van der Waals surface area (Å²) in [5, 5.41) is 4.19. The summed E-state index contributed by atoms with van der Waals surface area (Å²) in [6, 6.07) is 2.24. The van der Waals surface area contributed by atoms with Crippen LogP contribution in [0.25, 0.3) is 0 Å². The largest absolute Gasteiger partial charge is 0.379 e. The van der Waals surface area contributed by atoms with Gasteiger partial charge in [0, 0.05) is 7.11 Å². The highest BCUT2D eigenvalue weighted by Crippen LogP contribution is 2.39. The number of methoxy groups -OCH3 is 1. The lowest BCUT2D eigenvalue weighted by molar-refractivity contribution is 0.0508. The van der Waals surface area contributed by atoms with Gasteiger partial charge in [0.05, 0.1) is 12.1 Å². The molecule has 1 fully saturated rings. The Hall–Kier alpha value is -0.420. The Morgan fingerprint density at radius 2 is 2.43 bits per heavy atom. The van der Waals surface area contributed by atoms with Crippen molar-refractivity contribution in [1.29, 1.82) is 0 Å². The van der Waals surface area contributed by atoms with Crippen molar-refractivity contribution in [3.05, 3.63) is 22.4 Å². The molecule has 4 heteroatoms. The summed E-state index contributed by atoms with van der Waals surface area (Å²) in [7, 11) is 1.76. The Kier molecular flexibility index (Phi) is 3.18. The highest BCUT2D eigenvalue weighted by molar-refractivity contribution is 7.07. The second-order valence-electron chi connectivity index (χ2n) is 3.74. The molecule has 0 spiro atoms. The van der Waals surface area contributed by atoms with Crippen LogP contribution in [-0.4, -0.2) is 13.2 Å². The van der Waals surface area contributed by atoms with Gasteiger partial charge in [-0.15, -0.1) is 0 Å². The predicted molar refractivity (Wildman–Crippen MR) is 57.9 cm³/mol. The minimum Gasteiger partial charge on any atom is -0.379 e. The first kappa shape index (κ1) is 10.1. The van der Waals surface area contributed by atoms with Crippen LogP contribution < -0.4 is 11.3 Å². The lowest BCUT2D eigenvalue weighted by Gasteiger charge is -2.24. The average Bonchev–Trinajstić information content (AvgIpc) is 2.90. The van der Waals surface area contributed by atoms with E-state index in [1.54, 1.807) is 18.4 Å². The number of hydrogen-bond donors (Lipinski definition) is 2. The third-order valence-corrected chi connectivity index (χ3v) is 3.47. The average molecular weight is 212 g/mol. The first-order chi connectivity index (χ1) is 6.86. The number of nitrogens with one attached hydrogen (secondary N) is 1. The normalized spacial score (nSPS) is 20.7. The van der Waals surface area contributed by atoms with Crippen LogP contribution in [0.15, 0.2) is 16.8 Å². The van der Waals surface area contributed by atoms with E-state index in [9.17, 15) is 0 Å². The van der Waals surface area contributed by atoms with Crippen LogP contribution in [0, 0.1) is 5.92 Å². The third-order valence-electron chi connectivity index (χ3n) is 2.77. The molecule has 2 unspecified atom stereocenters. The van der Waals surface area contributed by atoms with Gasteiger partial charge in [0.15, 0.2) is 0 Å². The topological polar surface area (TPSA) is 47.3 Å². The van der Waals surface area contributed by atoms with Crippen LogP contribution in [-0.2, 0) is 4.74 Å². The summed E-state index contributed by atoms with van der Waals surface area (Å²) >= 11 is 1.69. The number of thiophene rings is 1. The first-order valence-corrected chi connectivity index (χ1v) is 5.82. The number of nitrogens with two attached hydrogens (primary N) is 1. The number of rotatable bonds is 5. The van der Waals surface area contributed by atoms with E-state index in [4.69, 9.17) is 10.6 Å². The molecule has 0 aliphatic heterocycles. The molecule has 14 heavy (non-hydrogen) atoms. The molecule has 3 nitrogen and oxygen atoms in total. The Morgan fingerprint density at radius 3 is 2.86 bits per heavy atom. The molecule has 1 aromatic heterocycles. The van der Waals surface area contributed by atoms with Crippen molar-refractivity contribution in [2.45, 2.75) is 25.0 Å². The SMILES string of the molecule is COC(C1CC1)C(NN)c1ccsc1. The zero-order valence-electron chi connectivity index (χ0n) is 8.27. The second-order valence-corrected chi connectivity index (χ2v) is 4.52. The standard InChI is InChI=1S/C10H16N2OS/c1-13-10(7-2-3-7)9(12-11)8-4-5-14-6-8/h4-7,9-10,12H,2-3,11H2,1H3. The smallest absolute Gasteiger partial charge is 0.0807 e. The summed E-state index contributed by atoms with van der Waals surface area (Å²) in [5.74, 6) is 6.26. The fourth-order valence-electron chi connectivity index (χ4n) is 1.86. The minimum atomic E-state index is 0.138. The molecule has 3 N–H and O–H groups in total. The molecule has 0 aromatic carbocycles. The molecular formula is C10H16N2OS. The molecule has 1 heterocycles. The molecule has 0 amide bonds. The van der Waals surface area contributed by atoms with E-state index < -0.39 is 0 Å². The minimum absolute atomic E-state index is 0.138. The Labute approximate surface area is 88.2 Å². The maximum atomic E-state index is 5.58. The molecule has 1 aliphatic rings. The number of hydrazine groups is 1. The van der Waals surface area contributed by atoms with Crippen molar-refractivity contribution in [3.8, 4) is 0 Å². The van der Waals surface area contributed by atoms with Crippen molar-refractivity contribution in [1.82, 2.24) is 5.43 Å². The van der Waals surface area contributed by atoms with Crippen LogP contribution in [0.4, 0.5) is 0 Å². The molecule has 2 rings (SSSR count). The van der Waals surface area contributed by atoms with Crippen LogP contribution in [0.1, 0.15) is 24.4 Å². The van der Waals surface area contributed by atoms with Crippen molar-refractivity contribution < 1.29 is 4.74 Å². The molecule has 0 saturated heterocycles. The molecule has 0 radical (unpaired) electrons. The van der Waals surface area contributed by atoms with E-state index in [1.807, 2.05) is 0 Å². The Balaban J connectivity index is 2.10. The van der Waals surface area contributed by atoms with Gasteiger partial charge in [0.2, 0.25) is 0 Å². The van der Waals surface area contributed by atoms with Crippen LogP contribution in [0.5, 0.6) is 0 Å². The second kappa shape index (κ2) is 4.40. The fourth-order valence-corrected chi connectivity index (χ4v) is 2.55. The lowest BCUT2D eigenvalue weighted by atomic mass is 10.0. The Bertz CT molecular complexity index is 272. The summed E-state index contributed by atoms with van der Waals surface area (Å²) in [6.07, 6.45) is 2.75. The van der Waals surface area contributed by atoms with Crippen molar-refractivity contribution in [3.63, 3.8) is 0 Å². The van der Waals surface area contributed by atoms with E-state index in [0.717, 1.165) is 0 Å². The molecule has 1 aromatic rings. The van der Waals surface area contributed by atoms with Gasteiger partial charge in [-0.1, -0.05) is 0 Å². The van der Waals surface area contributed by atoms with Gasteiger partial charge in [0.1, 0.15) is 0 Å². The highest BCUT2D eigenvalue weighted by atomic mass is 32.1. The van der Waals surface area contributed by atoms with Crippen LogP contribution in [0.2, 0.25) is 0 Å². The van der Waals surface area contributed by atoms with Crippen LogP contribution >= 0.6 is 11.3 Å². The van der Waals surface area contributed by atoms with Gasteiger partial charge in [-0.3, -0.25) is 11.3 Å². The van der Waals surface area contributed by atoms with Crippen LogP contribution in [0.3, 0.4) is 0 Å². The maximum Gasteiger partial charge on any atom is 0.0807 e. The van der Waals surface area contributed by atoms with Crippen molar-refractivity contribution in [2.75, 3.05) is 7.11 Å². The lowest BCUT2D eigenvalue weighted by Crippen LogP contribution is -2.38. The predicted octanol–water partition coefficient (Wildman–Crippen LogP) is 1.68. The molecule has 0 bridgehead atoms. The summed E-state index contributed by atoms with van der Waals surface area (Å²) in [5.41, 5.74) is 4.09. The van der Waals surface area contributed by atoms with Gasteiger partial charge in [-0.05, 0) is 41.1 Å². The van der Waals surface area contributed by atoms with Crippen molar-refractivity contribution in [2.24, 2.45) is 11.8 Å². The van der Waals surface area contributed by atoms with Gasteiger partial charge < -0.3 is 4.74 Å². The highest BCUT2D eigenvalue weighted by Gasteiger charge is 2.37. The number of hydrogen-bond acceptors (Lipinski definition) is 4. The summed E-state index contributed by atoms with van der Waals surface area (Å²) in [6.45, 7) is 0. The number of ether oxygens (including phenoxy) is 1. The molecule has 2 atom stereocenters. The van der Waals surface area contributed by atoms with Crippen molar-refractivity contribution >= 4 is 11.3 Å². The fraction of sp³-hybridized carbons (Fsp3) is 0.600. The van der Waals surface area contributed by atoms with Gasteiger partial charge >= 0.3 is 0 Å². The Morgan fingerprint density at radius 1 is 1.64 bits per heavy atom. The van der Waals surface area contributed by atoms with E-state index >= 15 is 0 Å². The van der Waals surface area contributed by atoms with Gasteiger partial charge in [0.25, 0.3) is 0 Å². The van der Waals surface area contributed by atoms with E-state index in [0.29, 0.717) is 5.92 Å². The third kappa shape index (κ3) is 1.98. The van der Waals surface area contributed by atoms with E-state index in [-0.39, 0.29) is 12.1 Å². The van der Waals surface area contributed by atoms with Gasteiger partial charge in [-0.25, -0.2) is 0 Å². The monoisotopic (exact) mass is 212 g/mol. The summed E-state index contributed by atoms with van der Waals surface area (Å²) < 4.78 is 5.51. The van der Waals surface area contributed by atoms with Gasteiger partial charge in [-0.2, -0.15) is 11.3 Å². The molecule has 78 valence electrons. The quantitative estimate of drug-likeness (QED) is 0.576. The van der Waals surface area contributed by atoms with E-state index in [2.05, 4.69) is 22.3 Å². The maximum absolute atomic E-state index is 5.58. The zero-order chi connectivity index (χ0) is 9.97. The molecule has 1 aliphatic carbocycles. The molecular weight excluding hydrogens is 196 g/mol. The van der Waals surface area contributed by atoms with E-state index in [1.165, 1.54) is 18.4 Å². The summed E-state index contributed by atoms with van der Waals surface area (Å²) in [4.78, 5) is 0.